The Morgan fingerprint density at radius 3 is 2.42 bits per heavy atom. The normalized spacial score (nSPS) is 12.7. The number of aromatic nitrogens is 3. The third-order valence-corrected chi connectivity index (χ3v) is 5.48. The average molecular weight is 413 g/mol. The van der Waals surface area contributed by atoms with Gasteiger partial charge in [-0.25, -0.2) is 4.68 Å². The molecule has 0 saturated heterocycles. The fourth-order valence-electron chi connectivity index (χ4n) is 3.94. The Kier molecular flexibility index (Phi) is 4.39. The molecule has 3 heterocycles. The summed E-state index contributed by atoms with van der Waals surface area (Å²) >= 11 is 0. The van der Waals surface area contributed by atoms with Gasteiger partial charge in [-0.05, 0) is 37.3 Å². The first-order valence-electron chi connectivity index (χ1n) is 9.87. The summed E-state index contributed by atoms with van der Waals surface area (Å²) in [5.74, 6) is 0.493. The largest absolute Gasteiger partial charge is 0.328 e. The summed E-state index contributed by atoms with van der Waals surface area (Å²) in [5, 5.41) is 16.2. The quantitative estimate of drug-likeness (QED) is 0.373. The highest BCUT2D eigenvalue weighted by Crippen LogP contribution is 2.32. The second kappa shape index (κ2) is 7.24. The molecule has 31 heavy (non-hydrogen) atoms. The lowest BCUT2D eigenvalue weighted by atomic mass is 10.1. The number of hydrogen-bond donors (Lipinski definition) is 0. The summed E-state index contributed by atoms with van der Waals surface area (Å²) < 4.78 is 3.86. The summed E-state index contributed by atoms with van der Waals surface area (Å²) in [4.78, 5) is 25.6. The van der Waals surface area contributed by atoms with Crippen LogP contribution in [0, 0.1) is 17.0 Å². The Bertz CT molecular complexity index is 1290. The molecule has 154 valence electrons. The van der Waals surface area contributed by atoms with Crippen LogP contribution in [0.15, 0.2) is 73.1 Å². The first-order chi connectivity index (χ1) is 15.0. The molecule has 1 amide bonds. The fourth-order valence-corrected chi connectivity index (χ4v) is 3.94. The van der Waals surface area contributed by atoms with Crippen molar-refractivity contribution in [1.29, 1.82) is 0 Å². The van der Waals surface area contributed by atoms with Crippen LogP contribution in [0.5, 0.6) is 0 Å². The molecule has 0 atom stereocenters. The monoisotopic (exact) mass is 413 g/mol. The number of fused-ring (bicyclic) bond motifs is 1. The zero-order valence-electron chi connectivity index (χ0n) is 16.8. The van der Waals surface area contributed by atoms with E-state index in [2.05, 4.69) is 0 Å². The molecule has 0 unspecified atom stereocenters. The third-order valence-electron chi connectivity index (χ3n) is 5.48. The van der Waals surface area contributed by atoms with Gasteiger partial charge in [-0.3, -0.25) is 14.9 Å². The van der Waals surface area contributed by atoms with Crippen LogP contribution >= 0.6 is 0 Å². The molecule has 1 aliphatic heterocycles. The second-order valence-corrected chi connectivity index (χ2v) is 7.52. The molecule has 0 N–H and O–H groups in total. The van der Waals surface area contributed by atoms with Crippen LogP contribution in [0.3, 0.4) is 0 Å². The lowest BCUT2D eigenvalue weighted by Gasteiger charge is -2.17. The van der Waals surface area contributed by atoms with E-state index in [0.717, 1.165) is 28.3 Å². The summed E-state index contributed by atoms with van der Waals surface area (Å²) in [5.41, 5.74) is 3.71. The molecule has 0 bridgehead atoms. The number of benzene rings is 2. The molecule has 8 nitrogen and oxygen atoms in total. The number of amides is 1. The maximum absolute atomic E-state index is 13.1. The topological polar surface area (TPSA) is 86.2 Å². The van der Waals surface area contributed by atoms with Crippen LogP contribution in [0.25, 0.3) is 11.5 Å². The summed E-state index contributed by atoms with van der Waals surface area (Å²) in [6.45, 7) is 2.67. The van der Waals surface area contributed by atoms with Crippen molar-refractivity contribution < 1.29 is 9.72 Å². The molecule has 0 spiro atoms. The SMILES string of the molecule is Cc1ccc(-n2nc3c(c2-n2cccc2)CN(C(=O)c2ccccc2[N+](=O)[O-])C3)cc1. The number of nitrogens with zero attached hydrogens (tertiary/aromatic N) is 5. The molecule has 2 aromatic carbocycles. The summed E-state index contributed by atoms with van der Waals surface area (Å²) in [6, 6.07) is 18.0. The number of rotatable bonds is 4. The van der Waals surface area contributed by atoms with E-state index < -0.39 is 4.92 Å². The predicted molar refractivity (Wildman–Crippen MR) is 114 cm³/mol. The number of nitro benzene ring substituents is 1. The van der Waals surface area contributed by atoms with Crippen molar-refractivity contribution in [3.8, 4) is 11.5 Å². The lowest BCUT2D eigenvalue weighted by molar-refractivity contribution is -0.385. The average Bonchev–Trinajstić information content (AvgIpc) is 3.50. The molecule has 0 aliphatic carbocycles. The second-order valence-electron chi connectivity index (χ2n) is 7.52. The number of aryl methyl sites for hydroxylation is 1. The van der Waals surface area contributed by atoms with Crippen molar-refractivity contribution in [2.45, 2.75) is 20.0 Å². The smallest absolute Gasteiger partial charge is 0.282 e. The molecule has 0 fully saturated rings. The van der Waals surface area contributed by atoms with Gasteiger partial charge >= 0.3 is 0 Å². The minimum atomic E-state index is -0.523. The number of hydrogen-bond acceptors (Lipinski definition) is 4. The Morgan fingerprint density at radius 2 is 1.71 bits per heavy atom. The van der Waals surface area contributed by atoms with Gasteiger partial charge in [0.05, 0.1) is 29.4 Å². The van der Waals surface area contributed by atoms with E-state index >= 15 is 0 Å². The van der Waals surface area contributed by atoms with Gasteiger partial charge < -0.3 is 9.47 Å². The van der Waals surface area contributed by atoms with Gasteiger partial charge in [0.15, 0.2) is 0 Å². The first-order valence-corrected chi connectivity index (χ1v) is 9.87. The molecule has 0 saturated carbocycles. The van der Waals surface area contributed by atoms with Crippen molar-refractivity contribution >= 4 is 11.6 Å². The fraction of sp³-hybridized carbons (Fsp3) is 0.130. The number of nitro groups is 1. The van der Waals surface area contributed by atoms with Crippen LogP contribution in [-0.4, -0.2) is 30.1 Å². The zero-order chi connectivity index (χ0) is 21.5. The highest BCUT2D eigenvalue weighted by atomic mass is 16.6. The number of para-hydroxylation sites is 1. The Hall–Kier alpha value is -4.20. The van der Waals surface area contributed by atoms with Gasteiger partial charge in [0.25, 0.3) is 11.6 Å². The van der Waals surface area contributed by atoms with Gasteiger partial charge in [-0.15, -0.1) is 0 Å². The standard InChI is InChI=1S/C23H19N5O3/c1-16-8-10-17(11-9-16)27-22(25-12-4-5-13-25)19-14-26(15-20(19)24-27)23(29)18-6-2-3-7-21(18)28(30)31/h2-13H,14-15H2,1H3. The predicted octanol–water partition coefficient (Wildman–Crippen LogP) is 4.04. The van der Waals surface area contributed by atoms with Crippen molar-refractivity contribution in [3.05, 3.63) is 106 Å². The minimum Gasteiger partial charge on any atom is -0.328 e. The molecule has 5 rings (SSSR count). The van der Waals surface area contributed by atoms with Gasteiger partial charge in [-0.1, -0.05) is 29.8 Å². The highest BCUT2D eigenvalue weighted by Gasteiger charge is 2.34. The minimum absolute atomic E-state index is 0.0894. The maximum atomic E-state index is 13.1. The van der Waals surface area contributed by atoms with Crippen molar-refractivity contribution in [3.63, 3.8) is 0 Å². The molecular formula is C23H19N5O3. The van der Waals surface area contributed by atoms with E-state index in [1.54, 1.807) is 17.0 Å². The Labute approximate surface area is 178 Å². The highest BCUT2D eigenvalue weighted by molar-refractivity contribution is 5.98. The van der Waals surface area contributed by atoms with E-state index in [1.165, 1.54) is 12.1 Å². The Morgan fingerprint density at radius 1 is 1.00 bits per heavy atom. The molecule has 1 aliphatic rings. The zero-order valence-corrected chi connectivity index (χ0v) is 16.8. The van der Waals surface area contributed by atoms with E-state index in [4.69, 9.17) is 5.10 Å². The third kappa shape index (κ3) is 3.18. The van der Waals surface area contributed by atoms with Crippen LogP contribution in [0.4, 0.5) is 5.69 Å². The molecule has 8 heteroatoms. The van der Waals surface area contributed by atoms with Crippen molar-refractivity contribution in [2.24, 2.45) is 0 Å². The van der Waals surface area contributed by atoms with Crippen LogP contribution in [0.2, 0.25) is 0 Å². The molecule has 4 aromatic rings. The number of carbonyl (C=O) groups excluding carboxylic acids is 1. The molecule has 0 radical (unpaired) electrons. The molecule has 2 aromatic heterocycles. The van der Waals surface area contributed by atoms with Gasteiger partial charge in [-0.2, -0.15) is 5.10 Å². The van der Waals surface area contributed by atoms with E-state index in [9.17, 15) is 14.9 Å². The molecular weight excluding hydrogens is 394 g/mol. The van der Waals surface area contributed by atoms with E-state index in [0.29, 0.717) is 13.1 Å². The van der Waals surface area contributed by atoms with Crippen LogP contribution in [0.1, 0.15) is 27.2 Å². The van der Waals surface area contributed by atoms with Crippen molar-refractivity contribution in [1.82, 2.24) is 19.2 Å². The summed E-state index contributed by atoms with van der Waals surface area (Å²) in [6.07, 6.45) is 3.88. The van der Waals surface area contributed by atoms with E-state index in [1.807, 2.05) is 65.0 Å². The van der Waals surface area contributed by atoms with Crippen LogP contribution < -0.4 is 0 Å². The van der Waals surface area contributed by atoms with Crippen molar-refractivity contribution in [2.75, 3.05) is 0 Å². The maximum Gasteiger partial charge on any atom is 0.282 e. The summed E-state index contributed by atoms with van der Waals surface area (Å²) in [7, 11) is 0. The van der Waals surface area contributed by atoms with Gasteiger partial charge in [0.2, 0.25) is 0 Å². The van der Waals surface area contributed by atoms with E-state index in [-0.39, 0.29) is 17.2 Å². The number of carbonyl (C=O) groups is 1. The van der Waals surface area contributed by atoms with Gasteiger partial charge in [0, 0.05) is 24.0 Å². The van der Waals surface area contributed by atoms with Crippen LogP contribution in [-0.2, 0) is 13.1 Å². The Balaban J connectivity index is 1.54. The van der Waals surface area contributed by atoms with Gasteiger partial charge in [0.1, 0.15) is 11.4 Å². The first kappa shape index (κ1) is 18.8. The lowest BCUT2D eigenvalue weighted by Crippen LogP contribution is -2.27.